The van der Waals surface area contributed by atoms with E-state index in [2.05, 4.69) is 12.2 Å². The summed E-state index contributed by atoms with van der Waals surface area (Å²) in [7, 11) is 0. The smallest absolute Gasteiger partial charge is 0.122 e. The summed E-state index contributed by atoms with van der Waals surface area (Å²) in [4.78, 5) is 0. The number of aliphatic hydroxyl groups is 2. The van der Waals surface area contributed by atoms with Gasteiger partial charge in [-0.1, -0.05) is 25.1 Å². The van der Waals surface area contributed by atoms with Crippen molar-refractivity contribution in [3.63, 3.8) is 0 Å². The minimum absolute atomic E-state index is 0.126. The molecule has 1 saturated carbocycles. The second-order valence-corrected chi connectivity index (χ2v) is 5.93. The molecule has 0 amide bonds. The van der Waals surface area contributed by atoms with Gasteiger partial charge >= 0.3 is 0 Å². The van der Waals surface area contributed by atoms with E-state index in [0.717, 1.165) is 43.5 Å². The predicted octanol–water partition coefficient (Wildman–Crippen LogP) is 1.88. The van der Waals surface area contributed by atoms with Gasteiger partial charge in [-0.2, -0.15) is 0 Å². The summed E-state index contributed by atoms with van der Waals surface area (Å²) < 4.78 is 6.13. The highest BCUT2D eigenvalue weighted by Crippen LogP contribution is 2.33. The highest BCUT2D eigenvalue weighted by molar-refractivity contribution is 5.33. The summed E-state index contributed by atoms with van der Waals surface area (Å²) in [5.74, 6) is 0.862. The van der Waals surface area contributed by atoms with E-state index in [0.29, 0.717) is 6.42 Å². The molecule has 118 valence electrons. The lowest BCUT2D eigenvalue weighted by molar-refractivity contribution is 0.140. The van der Waals surface area contributed by atoms with E-state index in [1.165, 1.54) is 0 Å². The van der Waals surface area contributed by atoms with Crippen molar-refractivity contribution in [2.75, 3.05) is 19.8 Å². The van der Waals surface area contributed by atoms with E-state index in [1.807, 2.05) is 24.3 Å². The molecule has 0 saturated heterocycles. The van der Waals surface area contributed by atoms with Gasteiger partial charge in [0.05, 0.1) is 6.61 Å². The van der Waals surface area contributed by atoms with Gasteiger partial charge in [0.2, 0.25) is 0 Å². The van der Waals surface area contributed by atoms with E-state index in [-0.39, 0.29) is 24.9 Å². The number of para-hydroxylation sites is 1. The van der Waals surface area contributed by atoms with Gasteiger partial charge in [0.15, 0.2) is 0 Å². The Bertz CT molecular complexity index is 438. The normalized spacial score (nSPS) is 25.2. The van der Waals surface area contributed by atoms with Gasteiger partial charge in [-0.25, -0.2) is 0 Å². The van der Waals surface area contributed by atoms with Crippen LogP contribution in [0.3, 0.4) is 0 Å². The third kappa shape index (κ3) is 4.19. The van der Waals surface area contributed by atoms with Crippen molar-refractivity contribution in [2.24, 2.45) is 0 Å². The number of nitrogens with one attached hydrogen (secondary N) is 1. The standard InChI is InChI=1S/C17H27NO3/c1-2-10-18-17(13-20)9-7-15(12-17)21-16-6-4-3-5-14(16)8-11-19/h3-6,15,18-20H,2,7-13H2,1H3. The van der Waals surface area contributed by atoms with Crippen LogP contribution < -0.4 is 10.1 Å². The number of benzene rings is 1. The zero-order chi connectivity index (χ0) is 15.1. The second kappa shape index (κ2) is 7.78. The van der Waals surface area contributed by atoms with Crippen LogP contribution in [0.15, 0.2) is 24.3 Å². The zero-order valence-corrected chi connectivity index (χ0v) is 12.8. The lowest BCUT2D eigenvalue weighted by Crippen LogP contribution is -2.47. The SMILES string of the molecule is CCCNC1(CO)CCC(Oc2ccccc2CCO)C1. The maximum Gasteiger partial charge on any atom is 0.122 e. The lowest BCUT2D eigenvalue weighted by atomic mass is 9.98. The molecule has 1 aliphatic carbocycles. The quantitative estimate of drug-likeness (QED) is 0.685. The number of rotatable bonds is 8. The number of aliphatic hydroxyl groups excluding tert-OH is 2. The molecule has 3 N–H and O–H groups in total. The third-order valence-electron chi connectivity index (χ3n) is 4.26. The summed E-state index contributed by atoms with van der Waals surface area (Å²) in [6, 6.07) is 7.88. The number of ether oxygens (including phenoxy) is 1. The summed E-state index contributed by atoms with van der Waals surface area (Å²) in [6.45, 7) is 3.34. The van der Waals surface area contributed by atoms with Crippen LogP contribution in [-0.2, 0) is 6.42 Å². The summed E-state index contributed by atoms with van der Waals surface area (Å²) in [5.41, 5.74) is 0.857. The van der Waals surface area contributed by atoms with Crippen molar-refractivity contribution < 1.29 is 14.9 Å². The van der Waals surface area contributed by atoms with Crippen molar-refractivity contribution in [1.29, 1.82) is 0 Å². The fourth-order valence-corrected chi connectivity index (χ4v) is 3.05. The Hall–Kier alpha value is -1.10. The highest BCUT2D eigenvalue weighted by atomic mass is 16.5. The van der Waals surface area contributed by atoms with Crippen molar-refractivity contribution in [2.45, 2.75) is 50.7 Å². The fraction of sp³-hybridized carbons (Fsp3) is 0.647. The molecule has 0 heterocycles. The Kier molecular flexibility index (Phi) is 6.03. The molecule has 21 heavy (non-hydrogen) atoms. The molecule has 4 heteroatoms. The van der Waals surface area contributed by atoms with E-state index < -0.39 is 0 Å². The van der Waals surface area contributed by atoms with Crippen molar-refractivity contribution >= 4 is 0 Å². The number of hydrogen-bond acceptors (Lipinski definition) is 4. The van der Waals surface area contributed by atoms with Crippen molar-refractivity contribution in [3.8, 4) is 5.75 Å². The molecule has 2 unspecified atom stereocenters. The van der Waals surface area contributed by atoms with E-state index in [4.69, 9.17) is 9.84 Å². The van der Waals surface area contributed by atoms with Gasteiger partial charge < -0.3 is 20.3 Å². The summed E-state index contributed by atoms with van der Waals surface area (Å²) in [6.07, 6.45) is 4.52. The largest absolute Gasteiger partial charge is 0.490 e. The first-order valence-corrected chi connectivity index (χ1v) is 7.94. The van der Waals surface area contributed by atoms with Gasteiger partial charge in [-0.05, 0) is 43.9 Å². The minimum atomic E-state index is -0.188. The lowest BCUT2D eigenvalue weighted by Gasteiger charge is -2.28. The van der Waals surface area contributed by atoms with Crippen LogP contribution in [0.25, 0.3) is 0 Å². The molecule has 2 rings (SSSR count). The second-order valence-electron chi connectivity index (χ2n) is 5.93. The molecule has 0 aliphatic heterocycles. The van der Waals surface area contributed by atoms with Gasteiger partial charge in [0, 0.05) is 18.6 Å². The first kappa shape index (κ1) is 16.3. The molecule has 1 aromatic rings. The molecular formula is C17H27NO3. The van der Waals surface area contributed by atoms with E-state index in [1.54, 1.807) is 0 Å². The predicted molar refractivity (Wildman–Crippen MR) is 83.6 cm³/mol. The molecule has 2 atom stereocenters. The maximum atomic E-state index is 9.71. The highest BCUT2D eigenvalue weighted by Gasteiger charge is 2.39. The Morgan fingerprint density at radius 1 is 1.33 bits per heavy atom. The number of hydrogen-bond donors (Lipinski definition) is 3. The molecule has 4 nitrogen and oxygen atoms in total. The molecule has 0 radical (unpaired) electrons. The topological polar surface area (TPSA) is 61.7 Å². The van der Waals surface area contributed by atoms with Crippen LogP contribution >= 0.6 is 0 Å². The minimum Gasteiger partial charge on any atom is -0.490 e. The average Bonchev–Trinajstić information content (AvgIpc) is 2.91. The van der Waals surface area contributed by atoms with E-state index >= 15 is 0 Å². The molecule has 1 aliphatic rings. The van der Waals surface area contributed by atoms with Crippen LogP contribution in [0, 0.1) is 0 Å². The Balaban J connectivity index is 1.98. The monoisotopic (exact) mass is 293 g/mol. The molecule has 0 bridgehead atoms. The van der Waals surface area contributed by atoms with Crippen LogP contribution in [0.2, 0.25) is 0 Å². The zero-order valence-electron chi connectivity index (χ0n) is 12.8. The molecule has 1 aromatic carbocycles. The van der Waals surface area contributed by atoms with Crippen LogP contribution in [0.5, 0.6) is 5.75 Å². The fourth-order valence-electron chi connectivity index (χ4n) is 3.05. The van der Waals surface area contributed by atoms with Crippen molar-refractivity contribution in [1.82, 2.24) is 5.32 Å². The van der Waals surface area contributed by atoms with Crippen LogP contribution in [0.4, 0.5) is 0 Å². The molecule has 0 aromatic heterocycles. The Morgan fingerprint density at radius 3 is 2.86 bits per heavy atom. The van der Waals surface area contributed by atoms with Gasteiger partial charge in [0.25, 0.3) is 0 Å². The summed E-state index contributed by atoms with van der Waals surface area (Å²) >= 11 is 0. The third-order valence-corrected chi connectivity index (χ3v) is 4.26. The van der Waals surface area contributed by atoms with Gasteiger partial charge in [-0.15, -0.1) is 0 Å². The molecular weight excluding hydrogens is 266 g/mol. The van der Waals surface area contributed by atoms with Crippen LogP contribution in [-0.4, -0.2) is 41.6 Å². The van der Waals surface area contributed by atoms with Gasteiger partial charge in [-0.3, -0.25) is 0 Å². The first-order valence-electron chi connectivity index (χ1n) is 7.94. The van der Waals surface area contributed by atoms with Gasteiger partial charge in [0.1, 0.15) is 11.9 Å². The average molecular weight is 293 g/mol. The molecule has 1 fully saturated rings. The first-order chi connectivity index (χ1) is 10.2. The van der Waals surface area contributed by atoms with E-state index in [9.17, 15) is 5.11 Å². The molecule has 0 spiro atoms. The Labute approximate surface area is 127 Å². The van der Waals surface area contributed by atoms with Crippen LogP contribution in [0.1, 0.15) is 38.2 Å². The summed E-state index contributed by atoms with van der Waals surface area (Å²) in [5, 5.41) is 22.3. The Morgan fingerprint density at radius 2 is 2.14 bits per heavy atom. The maximum absolute atomic E-state index is 9.71. The van der Waals surface area contributed by atoms with Crippen molar-refractivity contribution in [3.05, 3.63) is 29.8 Å².